The zero-order chi connectivity index (χ0) is 7.72. The predicted molar refractivity (Wildman–Crippen MR) is 47.8 cm³/mol. The van der Waals surface area contributed by atoms with Gasteiger partial charge in [-0.15, -0.1) is 24.8 Å². The number of β-amino-alcohol motifs (C(OH)–C–C–N with tert-alkyl or cyclic N) is 1. The number of nitrogens with two attached hydrogens (primary N) is 1. The Hall–Kier alpha value is 0.380. The number of hydrogen-bond acceptors (Lipinski definition) is 5. The molecule has 0 bridgehead atoms. The van der Waals surface area contributed by atoms with Crippen LogP contribution in [0.5, 0.6) is 0 Å². The molecule has 1 aliphatic heterocycles. The minimum Gasteiger partial charge on any atom is -0.389 e. The molecule has 0 spiro atoms. The van der Waals surface area contributed by atoms with Crippen LogP contribution in [0.25, 0.3) is 0 Å². The number of aliphatic hydroxyl groups is 2. The van der Waals surface area contributed by atoms with Crippen LogP contribution in [0, 0.1) is 0 Å². The molecule has 0 radical (unpaired) electrons. The molecule has 0 unspecified atom stereocenters. The summed E-state index contributed by atoms with van der Waals surface area (Å²) in [5.74, 6) is 0. The van der Waals surface area contributed by atoms with E-state index in [2.05, 4.69) is 0 Å². The van der Waals surface area contributed by atoms with Gasteiger partial charge in [0.05, 0.1) is 18.7 Å². The Labute approximate surface area is 82.9 Å². The summed E-state index contributed by atoms with van der Waals surface area (Å²) in [6.45, 7) is 0.220. The van der Waals surface area contributed by atoms with Crippen molar-refractivity contribution in [3.8, 4) is 0 Å². The summed E-state index contributed by atoms with van der Waals surface area (Å²) in [4.78, 5) is 0. The van der Waals surface area contributed by atoms with E-state index < -0.39 is 18.2 Å². The molecule has 1 fully saturated rings. The summed E-state index contributed by atoms with van der Waals surface area (Å²) in [6.07, 6.45) is -1.80. The van der Waals surface area contributed by atoms with Gasteiger partial charge in [0, 0.05) is 6.54 Å². The zero-order valence-electron chi connectivity index (χ0n) is 6.33. The summed E-state index contributed by atoms with van der Waals surface area (Å²) in [5, 5.41) is 27.9. The minimum atomic E-state index is -0.921. The Bertz CT molecular complexity index is 129. The maximum atomic E-state index is 9.10. The standard InChI is InChI=1S/C5H12N2O3.2ClH/c6-1-3-5(9)4(8)2-7(3)10;;/h3-5,8-10H,1-2,6H2;2*1H/t3-,4+,5-;;/m0../s1. The monoisotopic (exact) mass is 220 g/mol. The Morgan fingerprint density at radius 3 is 2.00 bits per heavy atom. The van der Waals surface area contributed by atoms with Gasteiger partial charge in [-0.2, -0.15) is 5.06 Å². The molecule has 12 heavy (non-hydrogen) atoms. The van der Waals surface area contributed by atoms with Crippen LogP contribution in [0.15, 0.2) is 0 Å². The van der Waals surface area contributed by atoms with Gasteiger partial charge in [-0.25, -0.2) is 0 Å². The Morgan fingerprint density at radius 1 is 1.33 bits per heavy atom. The second kappa shape index (κ2) is 5.93. The highest BCUT2D eigenvalue weighted by molar-refractivity contribution is 5.85. The molecule has 1 rings (SSSR count). The Morgan fingerprint density at radius 2 is 1.83 bits per heavy atom. The fraction of sp³-hybridized carbons (Fsp3) is 1.00. The number of aliphatic hydroxyl groups excluding tert-OH is 2. The zero-order valence-corrected chi connectivity index (χ0v) is 7.96. The molecule has 1 heterocycles. The van der Waals surface area contributed by atoms with Crippen molar-refractivity contribution in [2.45, 2.75) is 18.2 Å². The lowest BCUT2D eigenvalue weighted by Crippen LogP contribution is -2.40. The second-order valence-electron chi connectivity index (χ2n) is 2.48. The van der Waals surface area contributed by atoms with Crippen LogP contribution >= 0.6 is 24.8 Å². The van der Waals surface area contributed by atoms with Gasteiger partial charge in [-0.1, -0.05) is 0 Å². The van der Waals surface area contributed by atoms with Crippen molar-refractivity contribution in [2.75, 3.05) is 13.1 Å². The quantitative estimate of drug-likeness (QED) is 0.436. The molecule has 1 aliphatic rings. The van der Waals surface area contributed by atoms with Crippen molar-refractivity contribution in [3.63, 3.8) is 0 Å². The van der Waals surface area contributed by atoms with Crippen LogP contribution in [0.1, 0.15) is 0 Å². The molecular formula is C5H14Cl2N2O3. The summed E-state index contributed by atoms with van der Waals surface area (Å²) in [5.41, 5.74) is 5.20. The van der Waals surface area contributed by atoms with Gasteiger partial charge in [0.15, 0.2) is 0 Å². The molecule has 0 amide bonds. The highest BCUT2D eigenvalue weighted by Gasteiger charge is 2.38. The van der Waals surface area contributed by atoms with Crippen LogP contribution in [0.3, 0.4) is 0 Å². The van der Waals surface area contributed by atoms with Crippen molar-refractivity contribution in [1.82, 2.24) is 5.06 Å². The molecular weight excluding hydrogens is 207 g/mol. The van der Waals surface area contributed by atoms with E-state index in [-0.39, 0.29) is 37.9 Å². The van der Waals surface area contributed by atoms with E-state index >= 15 is 0 Å². The normalized spacial score (nSPS) is 35.5. The average molecular weight is 221 g/mol. The van der Waals surface area contributed by atoms with Gasteiger partial charge in [0.2, 0.25) is 0 Å². The SMILES string of the molecule is Cl.Cl.NC[C@H]1[C@H](O)[C@H](O)CN1O. The van der Waals surface area contributed by atoms with Crippen molar-refractivity contribution in [1.29, 1.82) is 0 Å². The molecule has 5 N–H and O–H groups in total. The number of hydroxylamine groups is 2. The van der Waals surface area contributed by atoms with Crippen LogP contribution in [-0.4, -0.2) is 51.8 Å². The van der Waals surface area contributed by atoms with E-state index in [0.717, 1.165) is 5.06 Å². The largest absolute Gasteiger partial charge is 0.389 e. The Balaban J connectivity index is 0. The molecule has 76 valence electrons. The van der Waals surface area contributed by atoms with Crippen molar-refractivity contribution in [2.24, 2.45) is 5.73 Å². The van der Waals surface area contributed by atoms with Gasteiger partial charge in [-0.05, 0) is 0 Å². The molecule has 1 saturated heterocycles. The van der Waals surface area contributed by atoms with Crippen molar-refractivity contribution in [3.05, 3.63) is 0 Å². The number of rotatable bonds is 1. The molecule has 7 heteroatoms. The third-order valence-corrected chi connectivity index (χ3v) is 1.79. The van der Waals surface area contributed by atoms with E-state index in [9.17, 15) is 0 Å². The summed E-state index contributed by atoms with van der Waals surface area (Å²) in [6, 6.07) is -0.519. The first-order valence-electron chi connectivity index (χ1n) is 3.18. The lowest BCUT2D eigenvalue weighted by molar-refractivity contribution is -0.113. The molecule has 0 aromatic rings. The van der Waals surface area contributed by atoms with Crippen LogP contribution in [-0.2, 0) is 0 Å². The van der Waals surface area contributed by atoms with E-state index in [1.165, 1.54) is 0 Å². The third kappa shape index (κ3) is 2.70. The molecule has 0 aromatic heterocycles. The fourth-order valence-corrected chi connectivity index (χ4v) is 1.13. The van der Waals surface area contributed by atoms with Crippen LogP contribution in [0.4, 0.5) is 0 Å². The molecule has 5 nitrogen and oxygen atoms in total. The second-order valence-corrected chi connectivity index (χ2v) is 2.48. The number of halogens is 2. The highest BCUT2D eigenvalue weighted by Crippen LogP contribution is 2.14. The molecule has 0 aliphatic carbocycles. The molecule has 3 atom stereocenters. The predicted octanol–water partition coefficient (Wildman–Crippen LogP) is -1.42. The Kier molecular flexibility index (Phi) is 7.35. The van der Waals surface area contributed by atoms with E-state index in [4.69, 9.17) is 21.2 Å². The van der Waals surface area contributed by atoms with Gasteiger partial charge < -0.3 is 21.2 Å². The lowest BCUT2D eigenvalue weighted by Gasteiger charge is -2.17. The third-order valence-electron chi connectivity index (χ3n) is 1.79. The highest BCUT2D eigenvalue weighted by atomic mass is 35.5. The summed E-state index contributed by atoms with van der Waals surface area (Å²) >= 11 is 0. The van der Waals surface area contributed by atoms with E-state index in [1.54, 1.807) is 0 Å². The van der Waals surface area contributed by atoms with E-state index in [0.29, 0.717) is 0 Å². The first kappa shape index (κ1) is 14.9. The van der Waals surface area contributed by atoms with Crippen LogP contribution < -0.4 is 5.73 Å². The van der Waals surface area contributed by atoms with Gasteiger partial charge in [-0.3, -0.25) is 0 Å². The first-order chi connectivity index (χ1) is 4.66. The maximum Gasteiger partial charge on any atom is 0.100 e. The summed E-state index contributed by atoms with van der Waals surface area (Å²) in [7, 11) is 0. The van der Waals surface area contributed by atoms with Gasteiger partial charge in [0.1, 0.15) is 6.10 Å². The van der Waals surface area contributed by atoms with E-state index in [1.807, 2.05) is 0 Å². The minimum absolute atomic E-state index is 0. The van der Waals surface area contributed by atoms with Crippen molar-refractivity contribution < 1.29 is 15.4 Å². The van der Waals surface area contributed by atoms with Gasteiger partial charge >= 0.3 is 0 Å². The first-order valence-corrected chi connectivity index (χ1v) is 3.18. The number of hydrogen-bond donors (Lipinski definition) is 4. The van der Waals surface area contributed by atoms with Crippen molar-refractivity contribution >= 4 is 24.8 Å². The van der Waals surface area contributed by atoms with Gasteiger partial charge in [0.25, 0.3) is 0 Å². The topological polar surface area (TPSA) is 90.0 Å². The maximum absolute atomic E-state index is 9.10. The molecule has 0 saturated carbocycles. The fourth-order valence-electron chi connectivity index (χ4n) is 1.13. The number of nitrogens with zero attached hydrogens (tertiary/aromatic N) is 1. The lowest BCUT2D eigenvalue weighted by atomic mass is 10.1. The smallest absolute Gasteiger partial charge is 0.100 e. The summed E-state index contributed by atoms with van der Waals surface area (Å²) < 4.78 is 0. The van der Waals surface area contributed by atoms with Crippen LogP contribution in [0.2, 0.25) is 0 Å². The molecule has 0 aromatic carbocycles. The average Bonchev–Trinajstić information content (AvgIpc) is 2.09.